The van der Waals surface area contributed by atoms with Gasteiger partial charge in [-0.1, -0.05) is 0 Å². The van der Waals surface area contributed by atoms with Crippen LogP contribution < -0.4 is 5.32 Å². The number of nitrogens with one attached hydrogen (secondary N) is 1. The van der Waals surface area contributed by atoms with E-state index in [1.807, 2.05) is 6.92 Å². The highest BCUT2D eigenvalue weighted by Crippen LogP contribution is 2.15. The summed E-state index contributed by atoms with van der Waals surface area (Å²) in [4.78, 5) is 6.47. The number of hydrogen-bond acceptors (Lipinski definition) is 4. The van der Waals surface area contributed by atoms with Gasteiger partial charge in [-0.05, 0) is 18.5 Å². The Kier molecular flexibility index (Phi) is 3.61. The first-order chi connectivity index (χ1) is 7.25. The van der Waals surface area contributed by atoms with Crippen molar-refractivity contribution in [3.63, 3.8) is 0 Å². The van der Waals surface area contributed by atoms with Crippen LogP contribution in [0.25, 0.3) is 0 Å². The second kappa shape index (κ2) is 4.96. The number of halogens is 1. The summed E-state index contributed by atoms with van der Waals surface area (Å²) >= 11 is 5.69. The minimum atomic E-state index is 0.253. The van der Waals surface area contributed by atoms with Gasteiger partial charge in [-0.3, -0.25) is 0 Å². The number of piperazine rings is 1. The lowest BCUT2D eigenvalue weighted by molar-refractivity contribution is 0.239. The van der Waals surface area contributed by atoms with Gasteiger partial charge >= 0.3 is 0 Å². The molecule has 0 radical (unpaired) electrons. The van der Waals surface area contributed by atoms with E-state index in [1.165, 1.54) is 0 Å². The Hall–Kier alpha value is -0.580. The largest absolute Gasteiger partial charge is 0.432 e. The quantitative estimate of drug-likeness (QED) is 0.843. The summed E-state index contributed by atoms with van der Waals surface area (Å²) in [6, 6.07) is 0. The van der Waals surface area contributed by atoms with Crippen molar-refractivity contribution in [3.8, 4) is 0 Å². The van der Waals surface area contributed by atoms with E-state index in [4.69, 9.17) is 16.0 Å². The molecule has 0 aliphatic carbocycles. The highest BCUT2D eigenvalue weighted by atomic mass is 35.5. The molecule has 1 aliphatic rings. The topological polar surface area (TPSA) is 41.3 Å². The Bertz CT molecular complexity index is 320. The van der Waals surface area contributed by atoms with Crippen molar-refractivity contribution in [1.82, 2.24) is 15.2 Å². The number of nitrogens with zero attached hydrogens (tertiary/aromatic N) is 2. The smallest absolute Gasteiger partial charge is 0.292 e. The summed E-state index contributed by atoms with van der Waals surface area (Å²) in [5.74, 6) is 0.915. The van der Waals surface area contributed by atoms with Crippen molar-refractivity contribution >= 4 is 11.6 Å². The molecule has 0 bridgehead atoms. The number of hydrogen-bond donors (Lipinski definition) is 1. The van der Waals surface area contributed by atoms with Crippen LogP contribution >= 0.6 is 11.6 Å². The van der Waals surface area contributed by atoms with Crippen molar-refractivity contribution in [3.05, 3.63) is 16.8 Å². The van der Waals surface area contributed by atoms with Crippen LogP contribution in [-0.2, 0) is 6.42 Å². The second-order valence-corrected chi connectivity index (χ2v) is 4.14. The van der Waals surface area contributed by atoms with Gasteiger partial charge in [-0.25, -0.2) is 4.98 Å². The fourth-order valence-electron chi connectivity index (χ4n) is 1.82. The van der Waals surface area contributed by atoms with Crippen LogP contribution in [0.4, 0.5) is 0 Å². The van der Waals surface area contributed by atoms with Gasteiger partial charge in [0.15, 0.2) is 0 Å². The van der Waals surface area contributed by atoms with E-state index in [0.29, 0.717) is 0 Å². The zero-order chi connectivity index (χ0) is 10.7. The highest BCUT2D eigenvalue weighted by Gasteiger charge is 2.12. The minimum absolute atomic E-state index is 0.253. The van der Waals surface area contributed by atoms with Crippen LogP contribution in [0.15, 0.2) is 4.42 Å². The number of aryl methyl sites for hydroxylation is 1. The molecule has 2 heterocycles. The Morgan fingerprint density at radius 3 is 2.80 bits per heavy atom. The van der Waals surface area contributed by atoms with Crippen LogP contribution in [0.5, 0.6) is 0 Å². The molecule has 1 aromatic heterocycles. The summed E-state index contributed by atoms with van der Waals surface area (Å²) < 4.78 is 5.32. The first-order valence-electron chi connectivity index (χ1n) is 5.30. The summed E-state index contributed by atoms with van der Waals surface area (Å²) in [5.41, 5.74) is 0.912. The van der Waals surface area contributed by atoms with Crippen molar-refractivity contribution < 1.29 is 4.42 Å². The maximum atomic E-state index is 5.69. The normalized spacial score (nSPS) is 18.3. The molecule has 0 aromatic carbocycles. The van der Waals surface area contributed by atoms with Crippen molar-refractivity contribution in [2.24, 2.45) is 0 Å². The first kappa shape index (κ1) is 10.9. The van der Waals surface area contributed by atoms with Gasteiger partial charge in [0.25, 0.3) is 5.35 Å². The van der Waals surface area contributed by atoms with Crippen LogP contribution in [-0.4, -0.2) is 42.6 Å². The highest BCUT2D eigenvalue weighted by molar-refractivity contribution is 6.27. The van der Waals surface area contributed by atoms with Crippen LogP contribution in [0.3, 0.4) is 0 Å². The number of oxazole rings is 1. The average Bonchev–Trinajstić information content (AvgIpc) is 2.56. The molecule has 0 atom stereocenters. The molecule has 0 saturated carbocycles. The molecule has 84 valence electrons. The molecule has 1 aliphatic heterocycles. The number of rotatable bonds is 3. The molecule has 2 rings (SSSR count). The third kappa shape index (κ3) is 2.93. The monoisotopic (exact) mass is 229 g/mol. The maximum Gasteiger partial charge on any atom is 0.292 e. The molecule has 1 fully saturated rings. The van der Waals surface area contributed by atoms with Gasteiger partial charge in [-0.15, -0.1) is 0 Å². The van der Waals surface area contributed by atoms with Crippen LogP contribution in [0.1, 0.15) is 11.5 Å². The molecular formula is C10H16ClN3O. The molecule has 15 heavy (non-hydrogen) atoms. The van der Waals surface area contributed by atoms with Gasteiger partial charge in [0.2, 0.25) is 0 Å². The summed E-state index contributed by atoms with van der Waals surface area (Å²) in [7, 11) is 0. The van der Waals surface area contributed by atoms with Crippen molar-refractivity contribution in [2.75, 3.05) is 32.7 Å². The lowest BCUT2D eigenvalue weighted by Gasteiger charge is -2.26. The van der Waals surface area contributed by atoms with Gasteiger partial charge in [0.1, 0.15) is 5.76 Å². The fraction of sp³-hybridized carbons (Fsp3) is 0.700. The van der Waals surface area contributed by atoms with Crippen LogP contribution in [0.2, 0.25) is 5.35 Å². The standard InChI is InChI=1S/C10H16ClN3O/c1-8-9(15-10(11)13-8)2-5-14-6-3-12-4-7-14/h12H,2-7H2,1H3. The third-order valence-corrected chi connectivity index (χ3v) is 2.89. The summed E-state index contributed by atoms with van der Waals surface area (Å²) in [6.45, 7) is 7.34. The predicted octanol–water partition coefficient (Wildman–Crippen LogP) is 1.08. The lowest BCUT2D eigenvalue weighted by atomic mass is 10.2. The zero-order valence-corrected chi connectivity index (χ0v) is 9.68. The Morgan fingerprint density at radius 1 is 1.47 bits per heavy atom. The van der Waals surface area contributed by atoms with Crippen LogP contribution in [0, 0.1) is 6.92 Å². The number of aromatic nitrogens is 1. The van der Waals surface area contributed by atoms with Crippen molar-refractivity contribution in [1.29, 1.82) is 0 Å². The second-order valence-electron chi connectivity index (χ2n) is 3.82. The fourth-order valence-corrected chi connectivity index (χ4v) is 2.04. The van der Waals surface area contributed by atoms with E-state index in [2.05, 4.69) is 15.2 Å². The van der Waals surface area contributed by atoms with E-state index in [0.717, 1.165) is 50.6 Å². The average molecular weight is 230 g/mol. The van der Waals surface area contributed by atoms with Gasteiger partial charge in [-0.2, -0.15) is 0 Å². The molecule has 4 nitrogen and oxygen atoms in total. The molecule has 1 N–H and O–H groups in total. The molecule has 5 heteroatoms. The summed E-state index contributed by atoms with van der Waals surface area (Å²) in [6.07, 6.45) is 0.894. The predicted molar refractivity (Wildman–Crippen MR) is 59.3 cm³/mol. The lowest BCUT2D eigenvalue weighted by Crippen LogP contribution is -2.44. The third-order valence-electron chi connectivity index (χ3n) is 2.73. The Morgan fingerprint density at radius 2 is 2.20 bits per heavy atom. The first-order valence-corrected chi connectivity index (χ1v) is 5.68. The van der Waals surface area contributed by atoms with E-state index in [-0.39, 0.29) is 5.35 Å². The van der Waals surface area contributed by atoms with E-state index in [1.54, 1.807) is 0 Å². The maximum absolute atomic E-state index is 5.69. The van der Waals surface area contributed by atoms with E-state index in [9.17, 15) is 0 Å². The van der Waals surface area contributed by atoms with E-state index < -0.39 is 0 Å². The molecule has 0 spiro atoms. The van der Waals surface area contributed by atoms with Gasteiger partial charge in [0.05, 0.1) is 5.69 Å². The SMILES string of the molecule is Cc1nc(Cl)oc1CCN1CCNCC1. The molecule has 1 saturated heterocycles. The minimum Gasteiger partial charge on any atom is -0.432 e. The van der Waals surface area contributed by atoms with Crippen molar-refractivity contribution in [2.45, 2.75) is 13.3 Å². The Labute approximate surface area is 94.6 Å². The Balaban J connectivity index is 1.84. The van der Waals surface area contributed by atoms with E-state index >= 15 is 0 Å². The molecular weight excluding hydrogens is 214 g/mol. The molecule has 0 unspecified atom stereocenters. The molecule has 0 amide bonds. The summed E-state index contributed by atoms with van der Waals surface area (Å²) in [5, 5.41) is 3.58. The van der Waals surface area contributed by atoms with Gasteiger partial charge in [0, 0.05) is 39.1 Å². The zero-order valence-electron chi connectivity index (χ0n) is 8.92. The molecule has 1 aromatic rings. The van der Waals surface area contributed by atoms with Gasteiger partial charge < -0.3 is 14.6 Å².